The monoisotopic (exact) mass is 316 g/mol. The van der Waals surface area contributed by atoms with E-state index in [9.17, 15) is 4.79 Å². The van der Waals surface area contributed by atoms with Gasteiger partial charge in [-0.3, -0.25) is 4.79 Å². The number of anilines is 2. The lowest BCUT2D eigenvalue weighted by atomic mass is 10.1. The van der Waals surface area contributed by atoms with Gasteiger partial charge in [0.2, 0.25) is 0 Å². The molecule has 0 saturated heterocycles. The lowest BCUT2D eigenvalue weighted by Crippen LogP contribution is -2.10. The molecule has 1 heterocycles. The Morgan fingerprint density at radius 3 is 2.82 bits per heavy atom. The zero-order chi connectivity index (χ0) is 15.5. The van der Waals surface area contributed by atoms with Crippen molar-refractivity contribution in [2.24, 2.45) is 0 Å². The predicted molar refractivity (Wildman–Crippen MR) is 90.9 cm³/mol. The van der Waals surface area contributed by atoms with Crippen LogP contribution in [0.5, 0.6) is 5.75 Å². The number of amides is 1. The molecule has 0 spiro atoms. The maximum absolute atomic E-state index is 12.4. The van der Waals surface area contributed by atoms with Gasteiger partial charge in [-0.25, -0.2) is 0 Å². The molecule has 4 nitrogen and oxygen atoms in total. The molecule has 0 saturated carbocycles. The summed E-state index contributed by atoms with van der Waals surface area (Å²) in [7, 11) is 1.57. The van der Waals surface area contributed by atoms with Crippen molar-refractivity contribution in [3.63, 3.8) is 0 Å². The van der Waals surface area contributed by atoms with E-state index < -0.39 is 0 Å². The van der Waals surface area contributed by atoms with Crippen LogP contribution < -0.4 is 15.8 Å². The standard InChI is InChI=1S/C17H20N2O2S/c1-21-14-8-7-12(10-13(14)18)19-17(20)16-9-11-5-3-2-4-6-15(11)22-16/h7-10H,2-6,18H2,1H3,(H,19,20). The molecule has 3 N–H and O–H groups in total. The SMILES string of the molecule is COc1ccc(NC(=O)c2cc3c(s2)CCCCC3)cc1N. The minimum absolute atomic E-state index is 0.0670. The van der Waals surface area contributed by atoms with E-state index in [0.29, 0.717) is 17.1 Å². The Hall–Kier alpha value is -2.01. The minimum Gasteiger partial charge on any atom is -0.495 e. The third kappa shape index (κ3) is 3.09. The predicted octanol–water partition coefficient (Wildman–Crippen LogP) is 3.86. The number of methoxy groups -OCH3 is 1. The molecule has 22 heavy (non-hydrogen) atoms. The first-order valence-electron chi connectivity index (χ1n) is 7.54. The fraction of sp³-hybridized carbons (Fsp3) is 0.353. The Bertz CT molecular complexity index is 670. The number of aryl methyl sites for hydroxylation is 2. The van der Waals surface area contributed by atoms with E-state index in [1.165, 1.54) is 29.7 Å². The quantitative estimate of drug-likeness (QED) is 0.667. The highest BCUT2D eigenvalue weighted by atomic mass is 32.1. The molecular formula is C17H20N2O2S. The zero-order valence-electron chi connectivity index (χ0n) is 12.6. The second-order valence-electron chi connectivity index (χ2n) is 5.53. The summed E-state index contributed by atoms with van der Waals surface area (Å²) in [5, 5.41) is 2.91. The van der Waals surface area contributed by atoms with E-state index in [4.69, 9.17) is 10.5 Å². The number of carbonyl (C=O) groups is 1. The summed E-state index contributed by atoms with van der Waals surface area (Å²) in [5.41, 5.74) is 8.42. The highest BCUT2D eigenvalue weighted by Crippen LogP contribution is 2.30. The number of nitrogens with one attached hydrogen (secondary N) is 1. The molecule has 0 radical (unpaired) electrons. The number of hydrogen-bond donors (Lipinski definition) is 2. The molecule has 1 aromatic heterocycles. The molecule has 5 heteroatoms. The average molecular weight is 316 g/mol. The summed E-state index contributed by atoms with van der Waals surface area (Å²) in [6.07, 6.45) is 5.93. The first-order valence-corrected chi connectivity index (χ1v) is 8.35. The number of fused-ring (bicyclic) bond motifs is 1. The molecule has 1 amide bonds. The Balaban J connectivity index is 1.76. The summed E-state index contributed by atoms with van der Waals surface area (Å²) >= 11 is 1.62. The van der Waals surface area contributed by atoms with E-state index >= 15 is 0 Å². The van der Waals surface area contributed by atoms with Crippen LogP contribution >= 0.6 is 11.3 Å². The van der Waals surface area contributed by atoms with Crippen LogP contribution in [0.15, 0.2) is 24.3 Å². The lowest BCUT2D eigenvalue weighted by molar-refractivity contribution is 0.103. The van der Waals surface area contributed by atoms with Crippen LogP contribution in [0.1, 0.15) is 39.4 Å². The average Bonchev–Trinajstić information content (AvgIpc) is 2.79. The van der Waals surface area contributed by atoms with E-state index in [1.807, 2.05) is 6.07 Å². The molecule has 2 aromatic rings. The molecular weight excluding hydrogens is 296 g/mol. The molecule has 0 atom stereocenters. The summed E-state index contributed by atoms with van der Waals surface area (Å²) < 4.78 is 5.12. The van der Waals surface area contributed by atoms with Gasteiger partial charge in [0.25, 0.3) is 5.91 Å². The van der Waals surface area contributed by atoms with Gasteiger partial charge in [-0.15, -0.1) is 11.3 Å². The summed E-state index contributed by atoms with van der Waals surface area (Å²) in [5.74, 6) is 0.545. The van der Waals surface area contributed by atoms with Crippen molar-refractivity contribution >= 4 is 28.6 Å². The Morgan fingerprint density at radius 1 is 1.23 bits per heavy atom. The maximum Gasteiger partial charge on any atom is 0.265 e. The zero-order valence-corrected chi connectivity index (χ0v) is 13.5. The van der Waals surface area contributed by atoms with Crippen molar-refractivity contribution < 1.29 is 9.53 Å². The molecule has 1 aromatic carbocycles. The third-order valence-electron chi connectivity index (χ3n) is 3.96. The van der Waals surface area contributed by atoms with Crippen LogP contribution in [0, 0.1) is 0 Å². The molecule has 1 aliphatic carbocycles. The van der Waals surface area contributed by atoms with Gasteiger partial charge in [0.15, 0.2) is 0 Å². The summed E-state index contributed by atoms with van der Waals surface area (Å²) in [6.45, 7) is 0. The normalized spacial score (nSPS) is 14.0. The van der Waals surface area contributed by atoms with Crippen molar-refractivity contribution in [2.45, 2.75) is 32.1 Å². The highest BCUT2D eigenvalue weighted by molar-refractivity contribution is 7.14. The first kappa shape index (κ1) is 14.9. The fourth-order valence-corrected chi connectivity index (χ4v) is 3.93. The number of ether oxygens (including phenoxy) is 1. The largest absolute Gasteiger partial charge is 0.495 e. The van der Waals surface area contributed by atoms with Crippen molar-refractivity contribution in [2.75, 3.05) is 18.2 Å². The second kappa shape index (κ2) is 6.40. The maximum atomic E-state index is 12.4. The Labute approximate surface area is 134 Å². The van der Waals surface area contributed by atoms with Gasteiger partial charge < -0.3 is 15.8 Å². The van der Waals surface area contributed by atoms with Gasteiger partial charge in [-0.2, -0.15) is 0 Å². The number of benzene rings is 1. The number of nitrogen functional groups attached to an aromatic ring is 1. The van der Waals surface area contributed by atoms with Gasteiger partial charge in [-0.05, 0) is 55.5 Å². The van der Waals surface area contributed by atoms with E-state index in [-0.39, 0.29) is 5.91 Å². The van der Waals surface area contributed by atoms with Gasteiger partial charge in [0.05, 0.1) is 17.7 Å². The Morgan fingerprint density at radius 2 is 2.05 bits per heavy atom. The molecule has 0 unspecified atom stereocenters. The van der Waals surface area contributed by atoms with Crippen molar-refractivity contribution in [3.8, 4) is 5.75 Å². The van der Waals surface area contributed by atoms with Crippen molar-refractivity contribution in [3.05, 3.63) is 39.6 Å². The van der Waals surface area contributed by atoms with Crippen LogP contribution in [0.4, 0.5) is 11.4 Å². The molecule has 1 aliphatic rings. The van der Waals surface area contributed by atoms with Gasteiger partial charge in [0.1, 0.15) is 5.75 Å². The summed E-state index contributed by atoms with van der Waals surface area (Å²) in [4.78, 5) is 14.6. The molecule has 0 aliphatic heterocycles. The van der Waals surface area contributed by atoms with Crippen molar-refractivity contribution in [1.29, 1.82) is 0 Å². The number of thiophene rings is 1. The first-order chi connectivity index (χ1) is 10.7. The van der Waals surface area contributed by atoms with Crippen LogP contribution in [0.2, 0.25) is 0 Å². The van der Waals surface area contributed by atoms with Crippen LogP contribution in [-0.2, 0) is 12.8 Å². The van der Waals surface area contributed by atoms with Crippen LogP contribution in [0.25, 0.3) is 0 Å². The highest BCUT2D eigenvalue weighted by Gasteiger charge is 2.16. The number of hydrogen-bond acceptors (Lipinski definition) is 4. The van der Waals surface area contributed by atoms with Gasteiger partial charge >= 0.3 is 0 Å². The molecule has 0 fully saturated rings. The Kier molecular flexibility index (Phi) is 4.34. The van der Waals surface area contributed by atoms with Crippen LogP contribution in [-0.4, -0.2) is 13.0 Å². The summed E-state index contributed by atoms with van der Waals surface area (Å²) in [6, 6.07) is 7.32. The minimum atomic E-state index is -0.0670. The number of nitrogens with two attached hydrogens (primary N) is 1. The van der Waals surface area contributed by atoms with E-state index in [2.05, 4.69) is 5.32 Å². The molecule has 3 rings (SSSR count). The molecule has 0 bridgehead atoms. The fourth-order valence-electron chi connectivity index (χ4n) is 2.78. The number of carbonyl (C=O) groups excluding carboxylic acids is 1. The lowest BCUT2D eigenvalue weighted by Gasteiger charge is -2.08. The smallest absolute Gasteiger partial charge is 0.265 e. The van der Waals surface area contributed by atoms with Crippen LogP contribution in [0.3, 0.4) is 0 Å². The van der Waals surface area contributed by atoms with Crippen molar-refractivity contribution in [1.82, 2.24) is 0 Å². The topological polar surface area (TPSA) is 64.3 Å². The van der Waals surface area contributed by atoms with Gasteiger partial charge in [0, 0.05) is 10.6 Å². The van der Waals surface area contributed by atoms with Gasteiger partial charge in [-0.1, -0.05) is 6.42 Å². The second-order valence-corrected chi connectivity index (χ2v) is 6.67. The molecule has 116 valence electrons. The number of rotatable bonds is 3. The third-order valence-corrected chi connectivity index (χ3v) is 5.19. The van der Waals surface area contributed by atoms with E-state index in [0.717, 1.165) is 17.7 Å². The van der Waals surface area contributed by atoms with E-state index in [1.54, 1.807) is 36.6 Å².